The molecule has 4 N–H and O–H groups in total. The maximum Gasteiger partial charge on any atom is 0.395 e. The molecule has 14 heteroatoms. The van der Waals surface area contributed by atoms with E-state index in [9.17, 15) is 27.6 Å². The van der Waals surface area contributed by atoms with E-state index in [1.54, 1.807) is 55.6 Å². The number of hydrazine groups is 2. The summed E-state index contributed by atoms with van der Waals surface area (Å²) in [5, 5.41) is 19.3. The third kappa shape index (κ3) is 6.08. The number of nitrogens with zero attached hydrogens (tertiary/aromatic N) is 4. The smallest absolute Gasteiger partial charge is 0.382 e. The molecule has 9 nitrogen and oxygen atoms in total. The van der Waals surface area contributed by atoms with Gasteiger partial charge in [0, 0.05) is 48.6 Å². The lowest BCUT2D eigenvalue weighted by atomic mass is 9.92. The monoisotopic (exact) mass is 642 g/mol. The highest BCUT2D eigenvalue weighted by Gasteiger charge is 2.47. The Hall–Kier alpha value is -4.54. The molecule has 0 spiro atoms. The first-order valence-corrected chi connectivity index (χ1v) is 14.4. The lowest BCUT2D eigenvalue weighted by Crippen LogP contribution is -2.43. The van der Waals surface area contributed by atoms with Gasteiger partial charge in [-0.25, -0.2) is 4.39 Å². The predicted molar refractivity (Wildman–Crippen MR) is 167 cm³/mol. The number of aryl methyl sites for hydroxylation is 1. The van der Waals surface area contributed by atoms with Crippen molar-refractivity contribution in [2.75, 3.05) is 23.9 Å². The fourth-order valence-corrected chi connectivity index (χ4v) is 5.24. The minimum absolute atomic E-state index is 0.0513. The summed E-state index contributed by atoms with van der Waals surface area (Å²) in [6.07, 6.45) is 0.158. The lowest BCUT2D eigenvalue weighted by Gasteiger charge is -2.29. The van der Waals surface area contributed by atoms with Crippen molar-refractivity contribution in [3.8, 4) is 6.07 Å². The lowest BCUT2D eigenvalue weighted by molar-refractivity contribution is -0.206. The normalized spacial score (nSPS) is 15.0. The average Bonchev–Trinajstić information content (AvgIpc) is 3.49. The number of pyridine rings is 2. The van der Waals surface area contributed by atoms with Crippen molar-refractivity contribution >= 4 is 44.7 Å². The summed E-state index contributed by atoms with van der Waals surface area (Å²) in [5.74, 6) is 0. The van der Waals surface area contributed by atoms with Gasteiger partial charge >= 0.3 is 6.18 Å². The fraction of sp³-hybridized carbons (Fsp3) is 0.323. The number of rotatable bonds is 9. The minimum atomic E-state index is -4.49. The molecule has 0 saturated carbocycles. The van der Waals surface area contributed by atoms with Crippen molar-refractivity contribution < 1.29 is 17.6 Å². The van der Waals surface area contributed by atoms with Crippen LogP contribution >= 0.6 is 11.6 Å². The van der Waals surface area contributed by atoms with Crippen LogP contribution in [0.25, 0.3) is 21.7 Å². The second kappa shape index (κ2) is 12.1. The first kappa shape index (κ1) is 31.9. The van der Waals surface area contributed by atoms with Crippen LogP contribution < -0.4 is 27.2 Å². The minimum Gasteiger partial charge on any atom is -0.382 e. The summed E-state index contributed by atoms with van der Waals surface area (Å²) in [5.41, 5.74) is 6.01. The van der Waals surface area contributed by atoms with Gasteiger partial charge in [0.1, 0.15) is 12.7 Å². The van der Waals surface area contributed by atoms with E-state index < -0.39 is 36.9 Å². The van der Waals surface area contributed by atoms with Gasteiger partial charge < -0.3 is 20.6 Å². The third-order valence-corrected chi connectivity index (χ3v) is 8.20. The maximum absolute atomic E-state index is 13.7. The van der Waals surface area contributed by atoms with E-state index in [2.05, 4.69) is 26.6 Å². The van der Waals surface area contributed by atoms with E-state index in [0.717, 1.165) is 13.8 Å². The Kier molecular flexibility index (Phi) is 8.57. The van der Waals surface area contributed by atoms with Crippen LogP contribution in [0.15, 0.2) is 65.5 Å². The average molecular weight is 643 g/mol. The van der Waals surface area contributed by atoms with Gasteiger partial charge in [-0.1, -0.05) is 23.7 Å². The standard InChI is InChI=1S/C31H31ClF4N8O/c1-17(12-33)44-15-25(41-42-44)28(21-6-5-7-22-20(21)8-9-43(4)29(22)45)40-19-10-23-26(39-16-30(2,3)31(34,35)36)18(13-37)14-38-27(23)24(32)11-19/h5-11,14-15,17,28,40-42H,12,16H2,1-4H3,(H,38,39)/t17-,28-/m0/s1. The van der Waals surface area contributed by atoms with Gasteiger partial charge in [-0.15, -0.1) is 5.53 Å². The van der Waals surface area contributed by atoms with E-state index in [-0.39, 0.29) is 21.8 Å². The molecule has 0 bridgehead atoms. The molecule has 1 aliphatic heterocycles. The van der Waals surface area contributed by atoms with E-state index in [0.29, 0.717) is 38.6 Å². The number of anilines is 2. The Morgan fingerprint density at radius 1 is 1.16 bits per heavy atom. The highest BCUT2D eigenvalue weighted by molar-refractivity contribution is 6.35. The van der Waals surface area contributed by atoms with Crippen LogP contribution in [0.3, 0.4) is 0 Å². The Balaban J connectivity index is 1.64. The van der Waals surface area contributed by atoms with Gasteiger partial charge in [0.25, 0.3) is 5.56 Å². The van der Waals surface area contributed by atoms with Crippen molar-refractivity contribution in [3.05, 3.63) is 87.2 Å². The van der Waals surface area contributed by atoms with Crippen LogP contribution in [0.5, 0.6) is 0 Å². The number of fused-ring (bicyclic) bond motifs is 2. The number of benzene rings is 2. The van der Waals surface area contributed by atoms with Crippen LogP contribution in [-0.4, -0.2) is 40.0 Å². The molecule has 0 unspecified atom stereocenters. The van der Waals surface area contributed by atoms with Gasteiger partial charge in [0.05, 0.1) is 45.0 Å². The van der Waals surface area contributed by atoms with Crippen molar-refractivity contribution in [1.29, 1.82) is 5.26 Å². The SMILES string of the molecule is C[C@@H](CF)N1C=C([C@@H](Nc2cc(Cl)c3ncc(C#N)c(NCC(C)(C)C(F)(F)F)c3c2)c2cccc3c(=O)n(C)ccc23)NN1. The molecule has 0 saturated heterocycles. The summed E-state index contributed by atoms with van der Waals surface area (Å²) in [4.78, 5) is 17.3. The molecule has 0 amide bonds. The van der Waals surface area contributed by atoms with E-state index in [4.69, 9.17) is 11.6 Å². The number of aromatic nitrogens is 2. The largest absolute Gasteiger partial charge is 0.395 e. The zero-order valence-corrected chi connectivity index (χ0v) is 25.6. The number of nitrogens with one attached hydrogen (secondary N) is 4. The number of hydrogen-bond acceptors (Lipinski definition) is 8. The molecule has 4 aromatic rings. The number of alkyl halides is 4. The topological polar surface area (TPSA) is 110 Å². The first-order valence-electron chi connectivity index (χ1n) is 14.0. The zero-order valence-electron chi connectivity index (χ0n) is 24.9. The van der Waals surface area contributed by atoms with Crippen LogP contribution in [0.1, 0.15) is 37.9 Å². The molecule has 3 heterocycles. The van der Waals surface area contributed by atoms with E-state index >= 15 is 0 Å². The molecule has 2 atom stereocenters. The first-order chi connectivity index (χ1) is 21.3. The molecule has 5 rings (SSSR count). The molecule has 0 radical (unpaired) electrons. The van der Waals surface area contributed by atoms with E-state index in [1.807, 2.05) is 18.2 Å². The summed E-state index contributed by atoms with van der Waals surface area (Å²) in [7, 11) is 1.66. The molecule has 0 fully saturated rings. The van der Waals surface area contributed by atoms with Crippen molar-refractivity contribution in [1.82, 2.24) is 25.5 Å². The summed E-state index contributed by atoms with van der Waals surface area (Å²) < 4.78 is 56.0. The molecule has 1 aliphatic rings. The molecule has 2 aromatic carbocycles. The van der Waals surface area contributed by atoms with Gasteiger partial charge in [-0.2, -0.15) is 18.4 Å². The maximum atomic E-state index is 13.7. The zero-order chi connectivity index (χ0) is 32.7. The van der Waals surface area contributed by atoms with Gasteiger partial charge in [-0.3, -0.25) is 14.8 Å². The predicted octanol–water partition coefficient (Wildman–Crippen LogP) is 6.29. The Bertz CT molecular complexity index is 1900. The summed E-state index contributed by atoms with van der Waals surface area (Å²) in [6.45, 7) is 2.73. The number of halogens is 5. The van der Waals surface area contributed by atoms with Gasteiger partial charge in [-0.05, 0) is 56.0 Å². The number of hydrogen-bond donors (Lipinski definition) is 4. The Labute approximate surface area is 261 Å². The molecular formula is C31H31ClF4N8O. The highest BCUT2D eigenvalue weighted by atomic mass is 35.5. The van der Waals surface area contributed by atoms with Crippen LogP contribution in [0, 0.1) is 16.7 Å². The summed E-state index contributed by atoms with van der Waals surface area (Å²) >= 11 is 6.67. The van der Waals surface area contributed by atoms with Gasteiger partial charge in [0.2, 0.25) is 0 Å². The van der Waals surface area contributed by atoms with E-state index in [1.165, 1.54) is 10.8 Å². The highest BCUT2D eigenvalue weighted by Crippen LogP contribution is 2.40. The van der Waals surface area contributed by atoms with Crippen molar-refractivity contribution in [2.24, 2.45) is 12.5 Å². The Morgan fingerprint density at radius 3 is 2.60 bits per heavy atom. The second-order valence-corrected chi connectivity index (χ2v) is 12.0. The molecule has 236 valence electrons. The molecular weight excluding hydrogens is 612 g/mol. The number of nitriles is 1. The Morgan fingerprint density at radius 2 is 1.91 bits per heavy atom. The fourth-order valence-electron chi connectivity index (χ4n) is 4.97. The molecule has 45 heavy (non-hydrogen) atoms. The van der Waals surface area contributed by atoms with Crippen LogP contribution in [0.4, 0.5) is 28.9 Å². The second-order valence-electron chi connectivity index (χ2n) is 11.6. The molecule has 0 aliphatic carbocycles. The van der Waals surface area contributed by atoms with Gasteiger partial charge in [0.15, 0.2) is 0 Å². The molecule has 2 aromatic heterocycles. The quantitative estimate of drug-likeness (QED) is 0.158. The van der Waals surface area contributed by atoms with Crippen molar-refractivity contribution in [2.45, 2.75) is 39.0 Å². The third-order valence-electron chi connectivity index (χ3n) is 7.91. The van der Waals surface area contributed by atoms with Crippen LogP contribution in [0.2, 0.25) is 5.02 Å². The summed E-state index contributed by atoms with van der Waals surface area (Å²) in [6, 6.07) is 11.3. The van der Waals surface area contributed by atoms with Crippen molar-refractivity contribution in [3.63, 3.8) is 0 Å². The van der Waals surface area contributed by atoms with Crippen LogP contribution in [-0.2, 0) is 7.05 Å².